The quantitative estimate of drug-likeness (QED) is 0.716. The highest BCUT2D eigenvalue weighted by Gasteiger charge is 2.22. The lowest BCUT2D eigenvalue weighted by Crippen LogP contribution is -2.45. The van der Waals surface area contributed by atoms with E-state index in [-0.39, 0.29) is 18.1 Å². The number of para-hydroxylation sites is 1. The highest BCUT2D eigenvalue weighted by Crippen LogP contribution is 2.18. The zero-order chi connectivity index (χ0) is 19.5. The van der Waals surface area contributed by atoms with Crippen molar-refractivity contribution in [2.24, 2.45) is 0 Å². The summed E-state index contributed by atoms with van der Waals surface area (Å²) >= 11 is 0. The molecule has 6 heteroatoms. The lowest BCUT2D eigenvalue weighted by Gasteiger charge is -2.35. The summed E-state index contributed by atoms with van der Waals surface area (Å²) in [6.07, 6.45) is 2.21. The molecule has 2 atom stereocenters. The van der Waals surface area contributed by atoms with Crippen LogP contribution in [0.5, 0.6) is 0 Å². The lowest BCUT2D eigenvalue weighted by molar-refractivity contribution is -0.0705. The predicted molar refractivity (Wildman–Crippen MR) is 109 cm³/mol. The van der Waals surface area contributed by atoms with Gasteiger partial charge in [-0.05, 0) is 31.0 Å². The number of nitrogens with one attached hydrogen (secondary N) is 2. The number of carbonyl (C=O) groups is 1. The Labute approximate surface area is 164 Å². The van der Waals surface area contributed by atoms with E-state index < -0.39 is 0 Å². The molecule has 0 unspecified atom stereocenters. The molecule has 28 heavy (non-hydrogen) atoms. The average molecular weight is 378 g/mol. The highest BCUT2D eigenvalue weighted by atomic mass is 16.5. The van der Waals surface area contributed by atoms with E-state index in [1.807, 2.05) is 24.3 Å². The number of carbonyl (C=O) groups excluding carboxylic acids is 1. The Morgan fingerprint density at radius 1 is 1.14 bits per heavy atom. The van der Waals surface area contributed by atoms with Gasteiger partial charge < -0.3 is 10.1 Å². The molecule has 0 spiro atoms. The second-order valence-corrected chi connectivity index (χ2v) is 7.54. The van der Waals surface area contributed by atoms with Crippen LogP contribution in [0.15, 0.2) is 48.7 Å². The molecule has 0 saturated carbocycles. The third-order valence-corrected chi connectivity index (χ3v) is 5.17. The molecule has 2 aromatic carbocycles. The van der Waals surface area contributed by atoms with Gasteiger partial charge in [0.2, 0.25) is 0 Å². The van der Waals surface area contributed by atoms with Gasteiger partial charge in [-0.3, -0.25) is 14.8 Å². The maximum Gasteiger partial charge on any atom is 0.253 e. The average Bonchev–Trinajstić information content (AvgIpc) is 3.15. The van der Waals surface area contributed by atoms with Crippen molar-refractivity contribution in [3.63, 3.8) is 0 Å². The Kier molecular flexibility index (Phi) is 5.41. The number of aromatic nitrogens is 2. The van der Waals surface area contributed by atoms with Gasteiger partial charge in [0.05, 0.1) is 29.5 Å². The van der Waals surface area contributed by atoms with E-state index in [0.717, 1.165) is 36.1 Å². The number of morpholine rings is 1. The van der Waals surface area contributed by atoms with Gasteiger partial charge >= 0.3 is 0 Å². The van der Waals surface area contributed by atoms with Crippen molar-refractivity contribution < 1.29 is 9.53 Å². The molecule has 146 valence electrons. The number of amides is 1. The van der Waals surface area contributed by atoms with Gasteiger partial charge in [0, 0.05) is 31.6 Å². The third-order valence-electron chi connectivity index (χ3n) is 5.17. The van der Waals surface area contributed by atoms with Crippen molar-refractivity contribution in [1.29, 1.82) is 0 Å². The van der Waals surface area contributed by atoms with Crippen LogP contribution in [0.4, 0.5) is 0 Å². The van der Waals surface area contributed by atoms with Gasteiger partial charge in [-0.25, -0.2) is 0 Å². The van der Waals surface area contributed by atoms with Crippen molar-refractivity contribution in [1.82, 2.24) is 20.4 Å². The van der Waals surface area contributed by atoms with Crippen LogP contribution in [0.1, 0.15) is 35.3 Å². The zero-order valence-corrected chi connectivity index (χ0v) is 16.3. The fraction of sp³-hybridized carbons (Fsp3) is 0.364. The van der Waals surface area contributed by atoms with E-state index in [0.29, 0.717) is 12.1 Å². The molecule has 4 rings (SSSR count). The van der Waals surface area contributed by atoms with Crippen molar-refractivity contribution in [2.75, 3.05) is 13.1 Å². The molecule has 1 aliphatic rings. The first-order valence-corrected chi connectivity index (χ1v) is 9.75. The first kappa shape index (κ1) is 18.7. The van der Waals surface area contributed by atoms with Crippen LogP contribution in [0.25, 0.3) is 10.9 Å². The molecule has 2 N–H and O–H groups in total. The number of ether oxygens (including phenoxy) is 1. The number of H-pyrrole nitrogens is 1. The fourth-order valence-corrected chi connectivity index (χ4v) is 3.97. The molecular formula is C22H26N4O2. The minimum Gasteiger partial charge on any atom is -0.373 e. The van der Waals surface area contributed by atoms with Crippen LogP contribution in [0.3, 0.4) is 0 Å². The number of hydrogen-bond acceptors (Lipinski definition) is 4. The maximum absolute atomic E-state index is 12.7. The second kappa shape index (κ2) is 8.12. The Hall–Kier alpha value is -2.70. The van der Waals surface area contributed by atoms with E-state index in [2.05, 4.69) is 52.5 Å². The van der Waals surface area contributed by atoms with E-state index in [9.17, 15) is 4.79 Å². The Morgan fingerprint density at radius 3 is 2.68 bits per heavy atom. The Morgan fingerprint density at radius 2 is 1.89 bits per heavy atom. The number of hydrogen-bond donors (Lipinski definition) is 2. The molecule has 0 bridgehead atoms. The molecule has 3 aromatic rings. The van der Waals surface area contributed by atoms with Crippen molar-refractivity contribution in [3.8, 4) is 0 Å². The van der Waals surface area contributed by atoms with Crippen LogP contribution in [-0.4, -0.2) is 46.3 Å². The van der Waals surface area contributed by atoms with Crippen molar-refractivity contribution >= 4 is 16.8 Å². The number of benzene rings is 2. The summed E-state index contributed by atoms with van der Waals surface area (Å²) in [7, 11) is 0. The van der Waals surface area contributed by atoms with Gasteiger partial charge in [-0.1, -0.05) is 36.4 Å². The smallest absolute Gasteiger partial charge is 0.253 e. The highest BCUT2D eigenvalue weighted by molar-refractivity contribution is 6.05. The van der Waals surface area contributed by atoms with Gasteiger partial charge in [0.1, 0.15) is 0 Å². The summed E-state index contributed by atoms with van der Waals surface area (Å²) in [5.41, 5.74) is 3.76. The molecule has 2 heterocycles. The molecule has 1 aliphatic heterocycles. The van der Waals surface area contributed by atoms with Gasteiger partial charge in [0.15, 0.2) is 0 Å². The van der Waals surface area contributed by atoms with E-state index >= 15 is 0 Å². The normalized spacial score (nSPS) is 20.4. The first-order chi connectivity index (χ1) is 13.6. The molecule has 6 nitrogen and oxygen atoms in total. The number of nitrogens with zero attached hydrogens (tertiary/aromatic N) is 2. The molecule has 0 aliphatic carbocycles. The number of rotatable bonds is 5. The summed E-state index contributed by atoms with van der Waals surface area (Å²) in [6.45, 7) is 7.44. The van der Waals surface area contributed by atoms with Crippen molar-refractivity contribution in [3.05, 3.63) is 65.4 Å². The van der Waals surface area contributed by atoms with E-state index in [4.69, 9.17) is 4.74 Å². The minimum absolute atomic E-state index is 0.0988. The van der Waals surface area contributed by atoms with Gasteiger partial charge in [-0.15, -0.1) is 0 Å². The van der Waals surface area contributed by atoms with Gasteiger partial charge in [0.25, 0.3) is 5.91 Å². The molecule has 1 saturated heterocycles. The van der Waals surface area contributed by atoms with Crippen LogP contribution >= 0.6 is 0 Å². The molecule has 0 radical (unpaired) electrons. The van der Waals surface area contributed by atoms with Crippen LogP contribution in [-0.2, 0) is 17.8 Å². The largest absolute Gasteiger partial charge is 0.373 e. The SMILES string of the molecule is C[C@H]1CN(Cc2ccccc2CNC(=O)c2cccc3cn[nH]c23)C[C@H](C)O1. The maximum atomic E-state index is 12.7. The van der Waals surface area contributed by atoms with Gasteiger partial charge in [-0.2, -0.15) is 5.10 Å². The minimum atomic E-state index is -0.0988. The summed E-state index contributed by atoms with van der Waals surface area (Å²) in [5, 5.41) is 10.9. The van der Waals surface area contributed by atoms with Crippen molar-refractivity contribution in [2.45, 2.75) is 39.1 Å². The fourth-order valence-electron chi connectivity index (χ4n) is 3.97. The third kappa shape index (κ3) is 4.08. The van der Waals surface area contributed by atoms with E-state index in [1.54, 1.807) is 6.20 Å². The second-order valence-electron chi connectivity index (χ2n) is 7.54. The summed E-state index contributed by atoms with van der Waals surface area (Å²) in [6, 6.07) is 13.9. The lowest BCUT2D eigenvalue weighted by atomic mass is 10.1. The molecule has 1 fully saturated rings. The van der Waals surface area contributed by atoms with E-state index in [1.165, 1.54) is 5.56 Å². The summed E-state index contributed by atoms with van der Waals surface area (Å²) < 4.78 is 5.83. The number of aromatic amines is 1. The zero-order valence-electron chi connectivity index (χ0n) is 16.3. The predicted octanol–water partition coefficient (Wildman–Crippen LogP) is 3.10. The summed E-state index contributed by atoms with van der Waals surface area (Å²) in [5.74, 6) is -0.0988. The first-order valence-electron chi connectivity index (χ1n) is 9.75. The Balaban J connectivity index is 1.45. The number of fused-ring (bicyclic) bond motifs is 1. The Bertz CT molecular complexity index is 958. The topological polar surface area (TPSA) is 70.2 Å². The van der Waals surface area contributed by atoms with Crippen LogP contribution in [0, 0.1) is 0 Å². The monoisotopic (exact) mass is 378 g/mol. The standard InChI is InChI=1S/C22H26N4O2/c1-15-12-26(13-16(2)28-15)14-19-7-4-3-6-17(19)10-23-22(27)20-9-5-8-18-11-24-25-21(18)20/h3-9,11,15-16H,10,12-14H2,1-2H3,(H,23,27)(H,24,25)/t15-,16-/m0/s1. The summed E-state index contributed by atoms with van der Waals surface area (Å²) in [4.78, 5) is 15.2. The molecular weight excluding hydrogens is 352 g/mol. The van der Waals surface area contributed by atoms with Crippen LogP contribution in [0.2, 0.25) is 0 Å². The molecule has 1 aromatic heterocycles. The molecule has 1 amide bonds. The van der Waals surface area contributed by atoms with Crippen LogP contribution < -0.4 is 5.32 Å².